The lowest BCUT2D eigenvalue weighted by Gasteiger charge is -2.41. The van der Waals surface area contributed by atoms with Crippen molar-refractivity contribution in [2.45, 2.75) is 45.9 Å². The van der Waals surface area contributed by atoms with Crippen molar-refractivity contribution in [3.05, 3.63) is 29.0 Å². The first-order valence-corrected chi connectivity index (χ1v) is 8.31. The second-order valence-electron chi connectivity index (χ2n) is 6.52. The van der Waals surface area contributed by atoms with Gasteiger partial charge in [-0.05, 0) is 38.0 Å². The molecule has 1 aromatic carbocycles. The number of anilines is 1. The van der Waals surface area contributed by atoms with Crippen molar-refractivity contribution < 1.29 is 13.9 Å². The molecule has 0 radical (unpaired) electrons. The van der Waals surface area contributed by atoms with Crippen LogP contribution in [0.15, 0.2) is 18.2 Å². The van der Waals surface area contributed by atoms with E-state index in [1.54, 1.807) is 6.07 Å². The molecule has 3 unspecified atom stereocenters. The molecule has 0 saturated carbocycles. The highest BCUT2D eigenvalue weighted by molar-refractivity contribution is 6.30. The fourth-order valence-electron chi connectivity index (χ4n) is 3.13. The summed E-state index contributed by atoms with van der Waals surface area (Å²) in [6.07, 6.45) is 0.168. The van der Waals surface area contributed by atoms with Crippen molar-refractivity contribution >= 4 is 23.2 Å². The van der Waals surface area contributed by atoms with Crippen molar-refractivity contribution in [3.63, 3.8) is 0 Å². The minimum absolute atomic E-state index is 0.0410. The van der Waals surface area contributed by atoms with Gasteiger partial charge in [0.1, 0.15) is 5.82 Å². The first-order chi connectivity index (χ1) is 10.8. The third-order valence-electron chi connectivity index (χ3n) is 3.93. The summed E-state index contributed by atoms with van der Waals surface area (Å²) in [4.78, 5) is 14.9. The molecule has 2 rings (SSSR count). The van der Waals surface area contributed by atoms with E-state index < -0.39 is 5.82 Å². The largest absolute Gasteiger partial charge is 0.373 e. The van der Waals surface area contributed by atoms with E-state index in [0.717, 1.165) is 0 Å². The molecule has 1 N–H and O–H groups in total. The number of amides is 1. The maximum atomic E-state index is 13.5. The van der Waals surface area contributed by atoms with Crippen LogP contribution in [0.3, 0.4) is 0 Å². The Labute approximate surface area is 141 Å². The van der Waals surface area contributed by atoms with Gasteiger partial charge in [0.15, 0.2) is 0 Å². The monoisotopic (exact) mass is 342 g/mol. The molecule has 1 fully saturated rings. The average Bonchev–Trinajstić information content (AvgIpc) is 2.41. The van der Waals surface area contributed by atoms with E-state index >= 15 is 0 Å². The number of nitrogens with one attached hydrogen (secondary N) is 1. The van der Waals surface area contributed by atoms with E-state index in [1.165, 1.54) is 12.1 Å². The minimum Gasteiger partial charge on any atom is -0.373 e. The number of carbonyl (C=O) groups is 1. The van der Waals surface area contributed by atoms with Crippen LogP contribution in [0.4, 0.5) is 10.1 Å². The van der Waals surface area contributed by atoms with Gasteiger partial charge in [0.2, 0.25) is 5.91 Å². The molecule has 0 aliphatic carbocycles. The van der Waals surface area contributed by atoms with Crippen LogP contribution in [0.2, 0.25) is 5.02 Å². The summed E-state index contributed by atoms with van der Waals surface area (Å²) in [6, 6.07) is 3.99. The Hall–Kier alpha value is -1.17. The molecule has 1 aromatic rings. The average molecular weight is 343 g/mol. The van der Waals surface area contributed by atoms with Crippen LogP contribution in [0.25, 0.3) is 0 Å². The number of carbonyl (C=O) groups excluding carboxylic acids is 1. The number of rotatable bonds is 4. The van der Waals surface area contributed by atoms with Crippen molar-refractivity contribution in [2.24, 2.45) is 5.92 Å². The van der Waals surface area contributed by atoms with E-state index in [9.17, 15) is 9.18 Å². The van der Waals surface area contributed by atoms with E-state index in [2.05, 4.69) is 10.2 Å². The molecule has 0 spiro atoms. The molecule has 23 heavy (non-hydrogen) atoms. The van der Waals surface area contributed by atoms with Crippen LogP contribution in [0, 0.1) is 11.7 Å². The number of morpholine rings is 1. The summed E-state index contributed by atoms with van der Waals surface area (Å²) in [5.41, 5.74) is 0.414. The predicted octanol–water partition coefficient (Wildman–Crippen LogP) is 3.55. The summed E-state index contributed by atoms with van der Waals surface area (Å²) >= 11 is 5.67. The van der Waals surface area contributed by atoms with Gasteiger partial charge in [0.05, 0.1) is 23.3 Å². The van der Waals surface area contributed by atoms with Crippen LogP contribution in [0.1, 0.15) is 27.7 Å². The van der Waals surface area contributed by atoms with E-state index in [0.29, 0.717) is 18.8 Å². The molecular weight excluding hydrogens is 319 g/mol. The Morgan fingerprint density at radius 1 is 1.35 bits per heavy atom. The van der Waals surface area contributed by atoms with Crippen molar-refractivity contribution in [1.29, 1.82) is 0 Å². The standard InChI is InChI=1S/C17H24ClFN2O2/c1-10(2)16(21-8-11(3)23-12(4)9-21)17(22)20-13-5-6-14(18)15(19)7-13/h5-7,10-12,16H,8-9H2,1-4H3,(H,20,22). The minimum atomic E-state index is -0.542. The third kappa shape index (κ3) is 4.66. The molecular formula is C17H24ClFN2O2. The van der Waals surface area contributed by atoms with Crippen molar-refractivity contribution in [2.75, 3.05) is 18.4 Å². The smallest absolute Gasteiger partial charge is 0.241 e. The number of benzene rings is 1. The normalized spacial score (nSPS) is 23.8. The summed E-state index contributed by atoms with van der Waals surface area (Å²) in [7, 11) is 0. The van der Waals surface area contributed by atoms with E-state index in [-0.39, 0.29) is 35.1 Å². The fourth-order valence-corrected chi connectivity index (χ4v) is 3.24. The van der Waals surface area contributed by atoms with Gasteiger partial charge in [0, 0.05) is 18.8 Å². The highest BCUT2D eigenvalue weighted by Crippen LogP contribution is 2.22. The van der Waals surface area contributed by atoms with E-state index in [1.807, 2.05) is 27.7 Å². The topological polar surface area (TPSA) is 41.6 Å². The predicted molar refractivity (Wildman–Crippen MR) is 90.2 cm³/mol. The maximum Gasteiger partial charge on any atom is 0.241 e. The summed E-state index contributed by atoms with van der Waals surface area (Å²) in [5, 5.41) is 2.84. The van der Waals surface area contributed by atoms with Gasteiger partial charge >= 0.3 is 0 Å². The molecule has 3 atom stereocenters. The molecule has 1 amide bonds. The lowest BCUT2D eigenvalue weighted by molar-refractivity contribution is -0.130. The Morgan fingerprint density at radius 3 is 2.48 bits per heavy atom. The number of hydrogen-bond donors (Lipinski definition) is 1. The molecule has 128 valence electrons. The van der Waals surface area contributed by atoms with Crippen LogP contribution in [-0.4, -0.2) is 42.1 Å². The molecule has 1 aliphatic rings. The van der Waals surface area contributed by atoms with Gasteiger partial charge in [-0.1, -0.05) is 25.4 Å². The first-order valence-electron chi connectivity index (χ1n) is 7.93. The fraction of sp³-hybridized carbons (Fsp3) is 0.588. The highest BCUT2D eigenvalue weighted by Gasteiger charge is 2.34. The Kier molecular flexibility index (Phi) is 6.00. The molecule has 1 heterocycles. The molecule has 1 aliphatic heterocycles. The second-order valence-corrected chi connectivity index (χ2v) is 6.93. The third-order valence-corrected chi connectivity index (χ3v) is 4.24. The number of nitrogens with zero attached hydrogens (tertiary/aromatic N) is 1. The lowest BCUT2D eigenvalue weighted by Crippen LogP contribution is -2.55. The van der Waals surface area contributed by atoms with E-state index in [4.69, 9.17) is 16.3 Å². The van der Waals surface area contributed by atoms with Crippen molar-refractivity contribution in [3.8, 4) is 0 Å². The van der Waals surface area contributed by atoms with Gasteiger partial charge < -0.3 is 10.1 Å². The zero-order valence-electron chi connectivity index (χ0n) is 14.0. The van der Waals surface area contributed by atoms with Crippen LogP contribution in [0.5, 0.6) is 0 Å². The van der Waals surface area contributed by atoms with Gasteiger partial charge in [-0.2, -0.15) is 0 Å². The van der Waals surface area contributed by atoms with Gasteiger partial charge in [-0.15, -0.1) is 0 Å². The molecule has 1 saturated heterocycles. The Balaban J connectivity index is 2.13. The van der Waals surface area contributed by atoms with Crippen molar-refractivity contribution in [1.82, 2.24) is 4.90 Å². The first kappa shape index (κ1) is 18.2. The zero-order valence-corrected chi connectivity index (χ0v) is 14.7. The zero-order chi connectivity index (χ0) is 17.1. The number of ether oxygens (including phenoxy) is 1. The molecule has 0 aromatic heterocycles. The second kappa shape index (κ2) is 7.60. The lowest BCUT2D eigenvalue weighted by atomic mass is 9.99. The highest BCUT2D eigenvalue weighted by atomic mass is 35.5. The quantitative estimate of drug-likeness (QED) is 0.909. The summed E-state index contributed by atoms with van der Waals surface area (Å²) in [6.45, 7) is 9.44. The van der Waals surface area contributed by atoms with Crippen LogP contribution >= 0.6 is 11.6 Å². The molecule has 4 nitrogen and oxygen atoms in total. The maximum absolute atomic E-state index is 13.5. The number of hydrogen-bond acceptors (Lipinski definition) is 3. The van der Waals surface area contributed by atoms with Gasteiger partial charge in [-0.3, -0.25) is 9.69 Å². The Bertz CT molecular complexity index is 558. The van der Waals surface area contributed by atoms with Crippen LogP contribution in [-0.2, 0) is 9.53 Å². The summed E-state index contributed by atoms with van der Waals surface area (Å²) in [5.74, 6) is -0.549. The summed E-state index contributed by atoms with van der Waals surface area (Å²) < 4.78 is 19.3. The molecule has 6 heteroatoms. The van der Waals surface area contributed by atoms with Gasteiger partial charge in [0.25, 0.3) is 0 Å². The Morgan fingerprint density at radius 2 is 1.96 bits per heavy atom. The van der Waals surface area contributed by atoms with Gasteiger partial charge in [-0.25, -0.2) is 4.39 Å². The SMILES string of the molecule is CC1CN(C(C(=O)Nc2ccc(Cl)c(F)c2)C(C)C)CC(C)O1. The molecule has 0 bridgehead atoms. The number of halogens is 2. The van der Waals surface area contributed by atoms with Crippen LogP contribution < -0.4 is 5.32 Å².